The molecule has 5 heteroatoms. The van der Waals surface area contributed by atoms with Crippen LogP contribution in [0.2, 0.25) is 5.02 Å². The third kappa shape index (κ3) is 4.75. The van der Waals surface area contributed by atoms with Crippen LogP contribution in [0.25, 0.3) is 0 Å². The average molecular weight is 363 g/mol. The molecule has 1 saturated heterocycles. The van der Waals surface area contributed by atoms with E-state index >= 15 is 0 Å². The van der Waals surface area contributed by atoms with Crippen LogP contribution in [0.15, 0.2) is 24.3 Å². The number of amides is 2. The van der Waals surface area contributed by atoms with Gasteiger partial charge in [0.25, 0.3) is 5.91 Å². The van der Waals surface area contributed by atoms with Crippen molar-refractivity contribution in [2.24, 2.45) is 5.92 Å². The van der Waals surface area contributed by atoms with Gasteiger partial charge in [0.05, 0.1) is 16.5 Å². The summed E-state index contributed by atoms with van der Waals surface area (Å²) in [6.45, 7) is 1.18. The molecule has 2 amide bonds. The normalized spacial score (nSPS) is 22.3. The van der Waals surface area contributed by atoms with Crippen LogP contribution in [0.3, 0.4) is 0 Å². The lowest BCUT2D eigenvalue weighted by Crippen LogP contribution is -2.47. The predicted octanol–water partition coefficient (Wildman–Crippen LogP) is 4.03. The fraction of sp³-hybridized carbons (Fsp3) is 0.600. The van der Waals surface area contributed by atoms with Crippen molar-refractivity contribution in [3.63, 3.8) is 0 Å². The molecular weight excluding hydrogens is 336 g/mol. The fourth-order valence-electron chi connectivity index (χ4n) is 3.92. The van der Waals surface area contributed by atoms with Crippen molar-refractivity contribution in [1.29, 1.82) is 0 Å². The van der Waals surface area contributed by atoms with Crippen molar-refractivity contribution < 1.29 is 9.59 Å². The monoisotopic (exact) mass is 362 g/mol. The summed E-state index contributed by atoms with van der Waals surface area (Å²) in [5.74, 6) is -0.0652. The Morgan fingerprint density at radius 1 is 1.00 bits per heavy atom. The van der Waals surface area contributed by atoms with Crippen LogP contribution in [-0.2, 0) is 4.79 Å². The molecule has 2 aliphatic rings. The van der Waals surface area contributed by atoms with E-state index in [0.29, 0.717) is 29.7 Å². The van der Waals surface area contributed by atoms with Crippen molar-refractivity contribution in [2.45, 2.75) is 57.4 Å². The highest BCUT2D eigenvalue weighted by Crippen LogP contribution is 2.23. The van der Waals surface area contributed by atoms with Gasteiger partial charge in [0.2, 0.25) is 5.91 Å². The first-order chi connectivity index (χ1) is 12.1. The first-order valence-electron chi connectivity index (χ1n) is 9.49. The number of halogens is 1. The number of hydrogen-bond acceptors (Lipinski definition) is 2. The summed E-state index contributed by atoms with van der Waals surface area (Å²) in [5.41, 5.74) is 0.522. The van der Waals surface area contributed by atoms with Gasteiger partial charge < -0.3 is 10.2 Å². The standard InChI is InChI=1S/C20H27ClN2O2/c21-18-12-6-5-11-17(18)20(25)23-13-7-8-15(14-23)19(24)22-16-9-3-1-2-4-10-16/h5-6,11-12,15-16H,1-4,7-10,13-14H2,(H,22,24)/t15-/m1/s1. The zero-order chi connectivity index (χ0) is 17.6. The first kappa shape index (κ1) is 18.2. The van der Waals surface area contributed by atoms with Crippen molar-refractivity contribution in [3.8, 4) is 0 Å². The molecule has 0 radical (unpaired) electrons. The number of nitrogens with zero attached hydrogens (tertiary/aromatic N) is 1. The van der Waals surface area contributed by atoms with Gasteiger partial charge in [-0.05, 0) is 37.8 Å². The summed E-state index contributed by atoms with van der Waals surface area (Å²) >= 11 is 6.15. The number of carbonyl (C=O) groups is 2. The van der Waals surface area contributed by atoms with E-state index in [1.807, 2.05) is 12.1 Å². The van der Waals surface area contributed by atoms with Gasteiger partial charge in [0.1, 0.15) is 0 Å². The summed E-state index contributed by atoms with van der Waals surface area (Å²) in [6.07, 6.45) is 8.83. The molecule has 1 heterocycles. The Kier molecular flexibility index (Phi) is 6.35. The summed E-state index contributed by atoms with van der Waals surface area (Å²) in [7, 11) is 0. The van der Waals surface area contributed by atoms with Crippen LogP contribution in [0.5, 0.6) is 0 Å². The molecule has 1 N–H and O–H groups in total. The van der Waals surface area contributed by atoms with Gasteiger partial charge >= 0.3 is 0 Å². The van der Waals surface area contributed by atoms with E-state index in [0.717, 1.165) is 25.7 Å². The summed E-state index contributed by atoms with van der Waals surface area (Å²) in [5, 5.41) is 3.71. The SMILES string of the molecule is O=C(NC1CCCCCC1)[C@@H]1CCCN(C(=O)c2ccccc2Cl)C1. The summed E-state index contributed by atoms with van der Waals surface area (Å²) in [6, 6.07) is 7.43. The molecule has 0 bridgehead atoms. The molecular formula is C20H27ClN2O2. The molecule has 1 aliphatic heterocycles. The number of hydrogen-bond donors (Lipinski definition) is 1. The van der Waals surface area contributed by atoms with E-state index in [9.17, 15) is 9.59 Å². The number of rotatable bonds is 3. The minimum absolute atomic E-state index is 0.0717. The maximum Gasteiger partial charge on any atom is 0.255 e. The Labute approximate surface area is 154 Å². The van der Waals surface area contributed by atoms with Gasteiger partial charge in [0, 0.05) is 19.1 Å². The van der Waals surface area contributed by atoms with Crippen LogP contribution in [0.1, 0.15) is 61.7 Å². The molecule has 3 rings (SSSR count). The van der Waals surface area contributed by atoms with Gasteiger partial charge in [-0.15, -0.1) is 0 Å². The maximum absolute atomic E-state index is 12.7. The number of piperidine rings is 1. The molecule has 136 valence electrons. The fourth-order valence-corrected chi connectivity index (χ4v) is 4.14. The lowest BCUT2D eigenvalue weighted by Gasteiger charge is -2.33. The smallest absolute Gasteiger partial charge is 0.255 e. The van der Waals surface area contributed by atoms with Crippen molar-refractivity contribution in [1.82, 2.24) is 10.2 Å². The number of nitrogens with one attached hydrogen (secondary N) is 1. The van der Waals surface area contributed by atoms with Crippen LogP contribution in [-0.4, -0.2) is 35.8 Å². The second-order valence-electron chi connectivity index (χ2n) is 7.27. The second-order valence-corrected chi connectivity index (χ2v) is 7.67. The number of likely N-dealkylation sites (tertiary alicyclic amines) is 1. The molecule has 1 aromatic rings. The molecule has 1 saturated carbocycles. The van der Waals surface area contributed by atoms with Crippen LogP contribution in [0, 0.1) is 5.92 Å². The van der Waals surface area contributed by atoms with Crippen LogP contribution in [0.4, 0.5) is 0 Å². The van der Waals surface area contributed by atoms with Gasteiger partial charge in [-0.1, -0.05) is 49.4 Å². The lowest BCUT2D eigenvalue weighted by molar-refractivity contribution is -0.127. The van der Waals surface area contributed by atoms with Gasteiger partial charge in [-0.25, -0.2) is 0 Å². The van der Waals surface area contributed by atoms with Gasteiger partial charge in [-0.2, -0.15) is 0 Å². The Morgan fingerprint density at radius 2 is 1.72 bits per heavy atom. The zero-order valence-electron chi connectivity index (χ0n) is 14.7. The quantitative estimate of drug-likeness (QED) is 0.825. The Balaban J connectivity index is 1.59. The topological polar surface area (TPSA) is 49.4 Å². The highest BCUT2D eigenvalue weighted by atomic mass is 35.5. The summed E-state index contributed by atoms with van der Waals surface area (Å²) < 4.78 is 0. The van der Waals surface area contributed by atoms with Crippen LogP contribution < -0.4 is 5.32 Å². The number of benzene rings is 1. The largest absolute Gasteiger partial charge is 0.353 e. The van der Waals surface area contributed by atoms with Crippen molar-refractivity contribution >= 4 is 23.4 Å². The Bertz CT molecular complexity index is 611. The highest BCUT2D eigenvalue weighted by molar-refractivity contribution is 6.33. The van der Waals surface area contributed by atoms with E-state index in [1.54, 1.807) is 17.0 Å². The van der Waals surface area contributed by atoms with E-state index in [4.69, 9.17) is 11.6 Å². The van der Waals surface area contributed by atoms with Crippen LogP contribution >= 0.6 is 11.6 Å². The Morgan fingerprint density at radius 3 is 2.44 bits per heavy atom. The van der Waals surface area contributed by atoms with Gasteiger partial charge in [-0.3, -0.25) is 9.59 Å². The van der Waals surface area contributed by atoms with Crippen molar-refractivity contribution in [2.75, 3.05) is 13.1 Å². The average Bonchev–Trinajstić information content (AvgIpc) is 2.90. The predicted molar refractivity (Wildman–Crippen MR) is 99.7 cm³/mol. The third-order valence-electron chi connectivity index (χ3n) is 5.39. The van der Waals surface area contributed by atoms with Gasteiger partial charge in [0.15, 0.2) is 0 Å². The number of carbonyl (C=O) groups excluding carboxylic acids is 2. The second kappa shape index (κ2) is 8.70. The minimum atomic E-state index is -0.108. The summed E-state index contributed by atoms with van der Waals surface area (Å²) in [4.78, 5) is 27.2. The highest BCUT2D eigenvalue weighted by Gasteiger charge is 2.30. The molecule has 2 fully saturated rings. The van der Waals surface area contributed by atoms with E-state index in [2.05, 4.69) is 5.32 Å². The molecule has 1 atom stereocenters. The molecule has 1 aliphatic carbocycles. The molecule has 1 aromatic carbocycles. The van der Waals surface area contributed by atoms with E-state index in [1.165, 1.54) is 25.7 Å². The first-order valence-corrected chi connectivity index (χ1v) is 9.87. The molecule has 0 unspecified atom stereocenters. The van der Waals surface area contributed by atoms with E-state index < -0.39 is 0 Å². The zero-order valence-corrected chi connectivity index (χ0v) is 15.4. The van der Waals surface area contributed by atoms with Crippen molar-refractivity contribution in [3.05, 3.63) is 34.9 Å². The minimum Gasteiger partial charge on any atom is -0.353 e. The van der Waals surface area contributed by atoms with E-state index in [-0.39, 0.29) is 17.7 Å². The molecule has 4 nitrogen and oxygen atoms in total. The maximum atomic E-state index is 12.7. The molecule has 0 spiro atoms. The lowest BCUT2D eigenvalue weighted by atomic mass is 9.95. The third-order valence-corrected chi connectivity index (χ3v) is 5.71. The molecule has 0 aromatic heterocycles. The Hall–Kier alpha value is -1.55. The molecule has 25 heavy (non-hydrogen) atoms.